The SMILES string of the molecule is CC(=O)[O-].CCCCCCCC[n+]1ccccc1CCCC. The molecule has 3 nitrogen and oxygen atoms in total. The number of carboxylic acid groups (broad SMARTS) is 1. The van der Waals surface area contributed by atoms with Crippen molar-refractivity contribution in [3.63, 3.8) is 0 Å². The van der Waals surface area contributed by atoms with Gasteiger partial charge in [0.1, 0.15) is 6.54 Å². The van der Waals surface area contributed by atoms with Crippen LogP contribution in [0, 0.1) is 0 Å². The zero-order valence-electron chi connectivity index (χ0n) is 14.6. The molecule has 0 spiro atoms. The molecule has 0 bridgehead atoms. The van der Waals surface area contributed by atoms with Crippen molar-refractivity contribution in [2.75, 3.05) is 0 Å². The molecule has 126 valence electrons. The molecule has 1 heterocycles. The Kier molecular flexibility index (Phi) is 13.6. The van der Waals surface area contributed by atoms with E-state index in [2.05, 4.69) is 42.8 Å². The van der Waals surface area contributed by atoms with Crippen LogP contribution in [0.3, 0.4) is 0 Å². The molecule has 0 amide bonds. The van der Waals surface area contributed by atoms with Crippen LogP contribution >= 0.6 is 0 Å². The van der Waals surface area contributed by atoms with E-state index in [-0.39, 0.29) is 0 Å². The van der Waals surface area contributed by atoms with Crippen LogP contribution < -0.4 is 9.67 Å². The molecule has 1 aromatic rings. The molecule has 0 N–H and O–H groups in total. The van der Waals surface area contributed by atoms with Crippen LogP contribution in [-0.4, -0.2) is 5.97 Å². The number of rotatable bonds is 10. The highest BCUT2D eigenvalue weighted by Crippen LogP contribution is 2.05. The third-order valence-electron chi connectivity index (χ3n) is 3.57. The van der Waals surface area contributed by atoms with Gasteiger partial charge in [-0.15, -0.1) is 0 Å². The molecule has 0 aliphatic heterocycles. The van der Waals surface area contributed by atoms with Crippen LogP contribution in [0.1, 0.15) is 77.8 Å². The van der Waals surface area contributed by atoms with Gasteiger partial charge in [-0.05, 0) is 19.8 Å². The summed E-state index contributed by atoms with van der Waals surface area (Å²) >= 11 is 0. The van der Waals surface area contributed by atoms with Gasteiger partial charge in [-0.1, -0.05) is 52.0 Å². The van der Waals surface area contributed by atoms with Gasteiger partial charge in [-0.25, -0.2) is 4.57 Å². The lowest BCUT2D eigenvalue weighted by molar-refractivity contribution is -0.704. The molecule has 0 aliphatic rings. The van der Waals surface area contributed by atoms with E-state index < -0.39 is 5.97 Å². The number of aryl methyl sites for hydroxylation is 2. The maximum absolute atomic E-state index is 8.89. The predicted molar refractivity (Wildman–Crippen MR) is 89.3 cm³/mol. The first-order valence-corrected chi connectivity index (χ1v) is 8.76. The standard InChI is InChI=1S/C17H30N.C2H4O2/c1-3-5-7-8-9-11-15-18-16-12-10-14-17(18)13-6-4-2;1-2(3)4/h10,12,14,16H,3-9,11,13,15H2,1-2H3;1H3,(H,3,4)/q+1;/p-1. The number of carbonyl (C=O) groups excluding carboxylic acids is 1. The smallest absolute Gasteiger partial charge is 0.181 e. The molecule has 3 heteroatoms. The number of hydrogen-bond acceptors (Lipinski definition) is 2. The molecular weight excluding hydrogens is 274 g/mol. The van der Waals surface area contributed by atoms with E-state index in [0.29, 0.717) is 0 Å². The molecule has 0 unspecified atom stereocenters. The summed E-state index contributed by atoms with van der Waals surface area (Å²) in [5.74, 6) is -1.08. The highest BCUT2D eigenvalue weighted by Gasteiger charge is 2.07. The average Bonchev–Trinajstić information content (AvgIpc) is 2.49. The molecule has 1 rings (SSSR count). The van der Waals surface area contributed by atoms with E-state index in [1.165, 1.54) is 70.0 Å². The van der Waals surface area contributed by atoms with Crippen molar-refractivity contribution in [2.45, 2.75) is 85.1 Å². The normalized spacial score (nSPS) is 9.95. The topological polar surface area (TPSA) is 44.0 Å². The number of aliphatic carboxylic acids is 1. The van der Waals surface area contributed by atoms with Crippen LogP contribution in [0.2, 0.25) is 0 Å². The van der Waals surface area contributed by atoms with Gasteiger partial charge in [-0.3, -0.25) is 0 Å². The van der Waals surface area contributed by atoms with E-state index in [1.807, 2.05) is 0 Å². The maximum Gasteiger partial charge on any atom is 0.181 e. The Bertz CT molecular complexity index is 387. The second-order valence-corrected chi connectivity index (χ2v) is 5.75. The molecule has 0 aromatic carbocycles. The minimum atomic E-state index is -1.08. The molecule has 0 saturated carbocycles. The summed E-state index contributed by atoms with van der Waals surface area (Å²) in [6, 6.07) is 6.61. The first-order valence-electron chi connectivity index (χ1n) is 8.76. The zero-order chi connectivity index (χ0) is 16.6. The second-order valence-electron chi connectivity index (χ2n) is 5.75. The number of nitrogens with zero attached hydrogens (tertiary/aromatic N) is 1. The number of carbonyl (C=O) groups is 1. The van der Waals surface area contributed by atoms with Gasteiger partial charge in [-0.2, -0.15) is 0 Å². The average molecular weight is 307 g/mol. The van der Waals surface area contributed by atoms with Crippen molar-refractivity contribution in [2.24, 2.45) is 0 Å². The van der Waals surface area contributed by atoms with Gasteiger partial charge in [0.25, 0.3) is 0 Å². The molecule has 0 aliphatic carbocycles. The number of unbranched alkanes of at least 4 members (excludes halogenated alkanes) is 6. The van der Waals surface area contributed by atoms with Crippen LogP contribution in [-0.2, 0) is 17.8 Å². The Hall–Kier alpha value is -1.38. The van der Waals surface area contributed by atoms with E-state index in [4.69, 9.17) is 9.90 Å². The summed E-state index contributed by atoms with van der Waals surface area (Å²) in [5.41, 5.74) is 1.51. The Morgan fingerprint density at radius 3 is 2.23 bits per heavy atom. The summed E-state index contributed by atoms with van der Waals surface area (Å²) in [6.45, 7) is 6.72. The molecule has 0 saturated heterocycles. The molecule has 0 fully saturated rings. The van der Waals surface area contributed by atoms with Crippen molar-refractivity contribution in [3.8, 4) is 0 Å². The fourth-order valence-electron chi connectivity index (χ4n) is 2.38. The van der Waals surface area contributed by atoms with Gasteiger partial charge in [0.05, 0.1) is 0 Å². The highest BCUT2D eigenvalue weighted by molar-refractivity contribution is 5.60. The fourth-order valence-corrected chi connectivity index (χ4v) is 2.38. The van der Waals surface area contributed by atoms with Crippen LogP contribution in [0.5, 0.6) is 0 Å². The minimum absolute atomic E-state index is 0.972. The van der Waals surface area contributed by atoms with Gasteiger partial charge in [0.15, 0.2) is 11.9 Å². The Morgan fingerprint density at radius 2 is 1.59 bits per heavy atom. The number of carboxylic acids is 1. The van der Waals surface area contributed by atoms with Crippen molar-refractivity contribution in [1.29, 1.82) is 0 Å². The number of aromatic nitrogens is 1. The van der Waals surface area contributed by atoms with E-state index in [9.17, 15) is 0 Å². The number of hydrogen-bond donors (Lipinski definition) is 0. The molecule has 1 aromatic heterocycles. The summed E-state index contributed by atoms with van der Waals surface area (Å²) in [4.78, 5) is 8.89. The van der Waals surface area contributed by atoms with E-state index in [0.717, 1.165) is 6.92 Å². The lowest BCUT2D eigenvalue weighted by atomic mass is 10.1. The number of pyridine rings is 1. The van der Waals surface area contributed by atoms with E-state index in [1.54, 1.807) is 0 Å². The highest BCUT2D eigenvalue weighted by atomic mass is 16.4. The maximum atomic E-state index is 8.89. The lowest BCUT2D eigenvalue weighted by Gasteiger charge is -2.03. The molecule has 22 heavy (non-hydrogen) atoms. The largest absolute Gasteiger partial charge is 0.550 e. The quantitative estimate of drug-likeness (QED) is 0.491. The summed E-state index contributed by atoms with van der Waals surface area (Å²) in [6.07, 6.45) is 14.3. The second kappa shape index (κ2) is 14.6. The summed E-state index contributed by atoms with van der Waals surface area (Å²) in [7, 11) is 0. The third-order valence-corrected chi connectivity index (χ3v) is 3.57. The van der Waals surface area contributed by atoms with Gasteiger partial charge >= 0.3 is 0 Å². The third kappa shape index (κ3) is 12.4. The van der Waals surface area contributed by atoms with Gasteiger partial charge in [0, 0.05) is 30.9 Å². The van der Waals surface area contributed by atoms with Crippen LogP contribution in [0.25, 0.3) is 0 Å². The molecule has 0 atom stereocenters. The Balaban J connectivity index is 0.000000980. The minimum Gasteiger partial charge on any atom is -0.550 e. The Labute approximate surface area is 136 Å². The van der Waals surface area contributed by atoms with Crippen LogP contribution in [0.15, 0.2) is 24.4 Å². The van der Waals surface area contributed by atoms with Crippen molar-refractivity contribution in [1.82, 2.24) is 0 Å². The first kappa shape index (κ1) is 20.6. The van der Waals surface area contributed by atoms with E-state index >= 15 is 0 Å². The fraction of sp³-hybridized carbons (Fsp3) is 0.684. The lowest BCUT2D eigenvalue weighted by Crippen LogP contribution is -2.37. The van der Waals surface area contributed by atoms with Crippen molar-refractivity contribution in [3.05, 3.63) is 30.1 Å². The van der Waals surface area contributed by atoms with Crippen molar-refractivity contribution < 1.29 is 14.5 Å². The zero-order valence-corrected chi connectivity index (χ0v) is 14.6. The molecular formula is C19H33NO2. The summed E-state index contributed by atoms with van der Waals surface area (Å²) in [5, 5.41) is 8.89. The van der Waals surface area contributed by atoms with Gasteiger partial charge in [0.2, 0.25) is 0 Å². The van der Waals surface area contributed by atoms with Gasteiger partial charge < -0.3 is 9.90 Å². The Morgan fingerprint density at radius 1 is 1.00 bits per heavy atom. The molecule has 0 radical (unpaired) electrons. The monoisotopic (exact) mass is 307 g/mol. The van der Waals surface area contributed by atoms with Crippen molar-refractivity contribution >= 4 is 5.97 Å². The first-order chi connectivity index (χ1) is 10.6. The predicted octanol–water partition coefficient (Wildman–Crippen LogP) is 3.43. The summed E-state index contributed by atoms with van der Waals surface area (Å²) < 4.78 is 2.45. The van der Waals surface area contributed by atoms with Crippen LogP contribution in [0.4, 0.5) is 0 Å².